The van der Waals surface area contributed by atoms with Crippen LogP contribution in [0, 0.1) is 0 Å². The summed E-state index contributed by atoms with van der Waals surface area (Å²) in [5, 5.41) is 9.52. The van der Waals surface area contributed by atoms with E-state index in [4.69, 9.17) is 9.47 Å². The Labute approximate surface area is 106 Å². The molecule has 0 spiro atoms. The highest BCUT2D eigenvalue weighted by Crippen LogP contribution is 2.06. The van der Waals surface area contributed by atoms with Gasteiger partial charge in [0.05, 0.1) is 25.9 Å². The second kappa shape index (κ2) is 6.37. The molecule has 1 heterocycles. The smallest absolute Gasteiger partial charge is 0.410 e. The first-order chi connectivity index (χ1) is 8.75. The van der Waals surface area contributed by atoms with Gasteiger partial charge in [-0.25, -0.2) is 4.79 Å². The first-order valence-electron chi connectivity index (χ1n) is 5.97. The fourth-order valence-corrected chi connectivity index (χ4v) is 1.77. The highest BCUT2D eigenvalue weighted by atomic mass is 16.6. The van der Waals surface area contributed by atoms with Crippen molar-refractivity contribution in [1.82, 2.24) is 4.90 Å². The Morgan fingerprint density at radius 3 is 3.00 bits per heavy atom. The van der Waals surface area contributed by atoms with Gasteiger partial charge in [-0.2, -0.15) is 0 Å². The van der Waals surface area contributed by atoms with Gasteiger partial charge in [0.25, 0.3) is 0 Å². The lowest BCUT2D eigenvalue weighted by Crippen LogP contribution is -2.38. The van der Waals surface area contributed by atoms with Gasteiger partial charge in [-0.3, -0.25) is 0 Å². The van der Waals surface area contributed by atoms with E-state index in [9.17, 15) is 9.90 Å². The molecule has 1 amide bonds. The van der Waals surface area contributed by atoms with Gasteiger partial charge in [0.2, 0.25) is 0 Å². The summed E-state index contributed by atoms with van der Waals surface area (Å²) in [5.41, 5.74) is 0.942. The number of carbonyl (C=O) groups is 1. The third kappa shape index (κ3) is 3.72. The summed E-state index contributed by atoms with van der Waals surface area (Å²) in [6, 6.07) is 9.49. The minimum atomic E-state index is -0.642. The van der Waals surface area contributed by atoms with Gasteiger partial charge in [0.1, 0.15) is 6.61 Å². The summed E-state index contributed by atoms with van der Waals surface area (Å²) < 4.78 is 10.3. The quantitative estimate of drug-likeness (QED) is 0.852. The molecule has 0 aliphatic carbocycles. The van der Waals surface area contributed by atoms with Crippen LogP contribution in [0.2, 0.25) is 0 Å². The number of nitrogens with zero attached hydrogens (tertiary/aromatic N) is 1. The maximum atomic E-state index is 11.8. The van der Waals surface area contributed by atoms with Crippen LogP contribution in [0.1, 0.15) is 5.56 Å². The molecule has 1 unspecified atom stereocenters. The largest absolute Gasteiger partial charge is 0.445 e. The number of benzene rings is 1. The Morgan fingerprint density at radius 1 is 1.44 bits per heavy atom. The van der Waals surface area contributed by atoms with Gasteiger partial charge in [-0.05, 0) is 5.56 Å². The molecule has 0 radical (unpaired) electrons. The molecule has 0 aromatic heterocycles. The third-order valence-corrected chi connectivity index (χ3v) is 2.71. The van der Waals surface area contributed by atoms with Gasteiger partial charge < -0.3 is 19.5 Å². The van der Waals surface area contributed by atoms with Gasteiger partial charge in [-0.1, -0.05) is 30.3 Å². The molecule has 5 nitrogen and oxygen atoms in total. The Hall–Kier alpha value is -1.59. The second-order valence-corrected chi connectivity index (χ2v) is 4.21. The van der Waals surface area contributed by atoms with Gasteiger partial charge in [-0.15, -0.1) is 0 Å². The number of hydrogen-bond donors (Lipinski definition) is 1. The predicted octanol–water partition coefficient (Wildman–Crippen LogP) is 1.02. The van der Waals surface area contributed by atoms with E-state index >= 15 is 0 Å². The molecule has 1 aliphatic heterocycles. The van der Waals surface area contributed by atoms with Gasteiger partial charge in [0, 0.05) is 6.54 Å². The summed E-state index contributed by atoms with van der Waals surface area (Å²) in [4.78, 5) is 13.3. The molecule has 1 saturated heterocycles. The summed E-state index contributed by atoms with van der Waals surface area (Å²) >= 11 is 0. The second-order valence-electron chi connectivity index (χ2n) is 4.21. The maximum Gasteiger partial charge on any atom is 0.410 e. The van der Waals surface area contributed by atoms with Crippen LogP contribution in [-0.2, 0) is 16.1 Å². The standard InChI is InChI=1S/C13H17NO4/c15-12-8-14(6-7-17-10-12)13(16)18-9-11-4-2-1-3-5-11/h1-5,12,15H,6-10H2. The molecular formula is C13H17NO4. The van der Waals surface area contributed by atoms with Crippen LogP contribution in [0.25, 0.3) is 0 Å². The molecular weight excluding hydrogens is 234 g/mol. The van der Waals surface area contributed by atoms with Crippen molar-refractivity contribution in [2.24, 2.45) is 0 Å². The van der Waals surface area contributed by atoms with E-state index in [1.165, 1.54) is 4.90 Å². The first-order valence-corrected chi connectivity index (χ1v) is 5.97. The zero-order chi connectivity index (χ0) is 12.8. The highest BCUT2D eigenvalue weighted by molar-refractivity contribution is 5.67. The molecule has 1 aromatic carbocycles. The molecule has 1 aliphatic rings. The minimum Gasteiger partial charge on any atom is -0.445 e. The Morgan fingerprint density at radius 2 is 2.22 bits per heavy atom. The summed E-state index contributed by atoms with van der Waals surface area (Å²) in [7, 11) is 0. The van der Waals surface area contributed by atoms with Crippen molar-refractivity contribution >= 4 is 6.09 Å². The lowest BCUT2D eigenvalue weighted by Gasteiger charge is -2.20. The molecule has 0 bridgehead atoms. The van der Waals surface area contributed by atoms with Crippen LogP contribution < -0.4 is 0 Å². The molecule has 0 saturated carbocycles. The SMILES string of the molecule is O=C(OCc1ccccc1)N1CCOCC(O)C1. The maximum absolute atomic E-state index is 11.8. The lowest BCUT2D eigenvalue weighted by molar-refractivity contribution is 0.0537. The number of amides is 1. The summed E-state index contributed by atoms with van der Waals surface area (Å²) in [5.74, 6) is 0. The number of rotatable bonds is 2. The van der Waals surface area contributed by atoms with Crippen molar-refractivity contribution in [3.63, 3.8) is 0 Å². The van der Waals surface area contributed by atoms with E-state index in [-0.39, 0.29) is 19.8 Å². The number of ether oxygens (including phenoxy) is 2. The van der Waals surface area contributed by atoms with E-state index in [2.05, 4.69) is 0 Å². The van der Waals surface area contributed by atoms with Gasteiger partial charge >= 0.3 is 6.09 Å². The molecule has 1 atom stereocenters. The van der Waals surface area contributed by atoms with Crippen LogP contribution >= 0.6 is 0 Å². The van der Waals surface area contributed by atoms with E-state index in [0.29, 0.717) is 13.2 Å². The number of aliphatic hydroxyl groups is 1. The topological polar surface area (TPSA) is 59.0 Å². The Balaban J connectivity index is 1.83. The van der Waals surface area contributed by atoms with E-state index < -0.39 is 12.2 Å². The minimum absolute atomic E-state index is 0.243. The van der Waals surface area contributed by atoms with E-state index in [1.54, 1.807) is 0 Å². The van der Waals surface area contributed by atoms with E-state index in [0.717, 1.165) is 5.56 Å². The van der Waals surface area contributed by atoms with Crippen molar-refractivity contribution in [2.75, 3.05) is 26.3 Å². The zero-order valence-corrected chi connectivity index (χ0v) is 10.1. The Kier molecular flexibility index (Phi) is 4.55. The van der Waals surface area contributed by atoms with Crippen LogP contribution in [-0.4, -0.2) is 48.5 Å². The molecule has 1 aromatic rings. The number of hydrogen-bond acceptors (Lipinski definition) is 4. The average Bonchev–Trinajstić information content (AvgIpc) is 2.62. The predicted molar refractivity (Wildman–Crippen MR) is 65.0 cm³/mol. The van der Waals surface area contributed by atoms with Crippen LogP contribution in [0.3, 0.4) is 0 Å². The first kappa shape index (κ1) is 12.9. The van der Waals surface area contributed by atoms with E-state index in [1.807, 2.05) is 30.3 Å². The number of carbonyl (C=O) groups excluding carboxylic acids is 1. The lowest BCUT2D eigenvalue weighted by atomic mass is 10.2. The normalized spacial score (nSPS) is 20.3. The van der Waals surface area contributed by atoms with Crippen LogP contribution in [0.5, 0.6) is 0 Å². The zero-order valence-electron chi connectivity index (χ0n) is 10.1. The average molecular weight is 251 g/mol. The summed E-state index contributed by atoms with van der Waals surface area (Å²) in [6.07, 6.45) is -1.06. The molecule has 1 fully saturated rings. The van der Waals surface area contributed by atoms with Crippen LogP contribution in [0.4, 0.5) is 4.79 Å². The fraction of sp³-hybridized carbons (Fsp3) is 0.462. The Bertz CT molecular complexity index is 382. The monoisotopic (exact) mass is 251 g/mol. The van der Waals surface area contributed by atoms with Crippen molar-refractivity contribution in [3.05, 3.63) is 35.9 Å². The van der Waals surface area contributed by atoms with Crippen molar-refractivity contribution < 1.29 is 19.4 Å². The third-order valence-electron chi connectivity index (χ3n) is 2.71. The van der Waals surface area contributed by atoms with Crippen molar-refractivity contribution in [2.45, 2.75) is 12.7 Å². The fourth-order valence-electron chi connectivity index (χ4n) is 1.77. The van der Waals surface area contributed by atoms with Crippen molar-refractivity contribution in [1.29, 1.82) is 0 Å². The number of β-amino-alcohol motifs (C(OH)–C–C–N with tert-alkyl or cyclic N) is 1. The summed E-state index contributed by atoms with van der Waals surface area (Å²) in [6.45, 7) is 1.64. The van der Waals surface area contributed by atoms with Gasteiger partial charge in [0.15, 0.2) is 0 Å². The number of aliphatic hydroxyl groups excluding tert-OH is 1. The molecule has 1 N–H and O–H groups in total. The van der Waals surface area contributed by atoms with Crippen molar-refractivity contribution in [3.8, 4) is 0 Å². The molecule has 98 valence electrons. The van der Waals surface area contributed by atoms with Crippen LogP contribution in [0.15, 0.2) is 30.3 Å². The molecule has 5 heteroatoms. The molecule has 2 rings (SSSR count). The highest BCUT2D eigenvalue weighted by Gasteiger charge is 2.21. The molecule has 18 heavy (non-hydrogen) atoms.